The zero-order valence-electron chi connectivity index (χ0n) is 11.7. The van der Waals surface area contributed by atoms with Gasteiger partial charge in [0.2, 0.25) is 0 Å². The SMILES string of the molecule is Clc1ccc(/C=N\N=C(c2ccccc2)c2ccccc2)s1. The van der Waals surface area contributed by atoms with Crippen LogP contribution in [0.4, 0.5) is 0 Å². The number of rotatable bonds is 4. The van der Waals surface area contributed by atoms with E-state index in [1.54, 1.807) is 6.21 Å². The molecule has 0 fully saturated rings. The third kappa shape index (κ3) is 3.70. The van der Waals surface area contributed by atoms with Gasteiger partial charge in [-0.1, -0.05) is 72.3 Å². The fourth-order valence-electron chi connectivity index (χ4n) is 2.02. The molecule has 108 valence electrons. The molecule has 0 saturated carbocycles. The summed E-state index contributed by atoms with van der Waals surface area (Å²) in [5.41, 5.74) is 2.92. The number of halogens is 1. The van der Waals surface area contributed by atoms with Crippen molar-refractivity contribution in [2.75, 3.05) is 0 Å². The Hall–Kier alpha value is -2.23. The Kier molecular flexibility index (Phi) is 4.78. The van der Waals surface area contributed by atoms with Crippen LogP contribution in [0, 0.1) is 0 Å². The Morgan fingerprint density at radius 1 is 0.818 bits per heavy atom. The molecule has 22 heavy (non-hydrogen) atoms. The summed E-state index contributed by atoms with van der Waals surface area (Å²) in [7, 11) is 0. The van der Waals surface area contributed by atoms with E-state index in [1.165, 1.54) is 11.3 Å². The molecule has 2 aromatic carbocycles. The maximum atomic E-state index is 5.91. The zero-order valence-corrected chi connectivity index (χ0v) is 13.3. The monoisotopic (exact) mass is 324 g/mol. The Balaban J connectivity index is 1.95. The molecule has 0 aliphatic heterocycles. The average molecular weight is 325 g/mol. The third-order valence-electron chi connectivity index (χ3n) is 3.03. The van der Waals surface area contributed by atoms with Crippen LogP contribution in [0.3, 0.4) is 0 Å². The summed E-state index contributed by atoms with van der Waals surface area (Å²) >= 11 is 7.39. The lowest BCUT2D eigenvalue weighted by Gasteiger charge is -2.04. The molecule has 1 heterocycles. The molecule has 0 amide bonds. The number of nitrogens with zero attached hydrogens (tertiary/aromatic N) is 2. The highest BCUT2D eigenvalue weighted by Crippen LogP contribution is 2.19. The molecular formula is C18H13ClN2S. The summed E-state index contributed by atoms with van der Waals surface area (Å²) in [4.78, 5) is 0.981. The minimum Gasteiger partial charge on any atom is -0.157 e. The van der Waals surface area contributed by atoms with E-state index in [1.807, 2.05) is 72.8 Å². The minimum absolute atomic E-state index is 0.747. The van der Waals surface area contributed by atoms with Gasteiger partial charge >= 0.3 is 0 Å². The van der Waals surface area contributed by atoms with E-state index in [9.17, 15) is 0 Å². The number of benzene rings is 2. The summed E-state index contributed by atoms with van der Waals surface area (Å²) < 4.78 is 0.747. The van der Waals surface area contributed by atoms with Gasteiger partial charge in [0, 0.05) is 16.0 Å². The third-order valence-corrected chi connectivity index (χ3v) is 4.20. The van der Waals surface area contributed by atoms with Crippen LogP contribution in [0.5, 0.6) is 0 Å². The predicted octanol–water partition coefficient (Wildman–Crippen LogP) is 5.27. The standard InChI is InChI=1S/C18H13ClN2S/c19-17-12-11-16(22-17)13-20-21-18(14-7-3-1-4-8-14)15-9-5-2-6-10-15/h1-13H/b20-13-. The molecule has 0 aliphatic carbocycles. The molecule has 0 bridgehead atoms. The smallest absolute Gasteiger partial charge is 0.100 e. The van der Waals surface area contributed by atoms with Crippen LogP contribution in [0.15, 0.2) is 83.0 Å². The van der Waals surface area contributed by atoms with E-state index in [2.05, 4.69) is 10.2 Å². The molecule has 0 atom stereocenters. The molecule has 0 saturated heterocycles. The molecule has 0 radical (unpaired) electrons. The topological polar surface area (TPSA) is 24.7 Å². The van der Waals surface area contributed by atoms with Gasteiger partial charge in [-0.05, 0) is 12.1 Å². The van der Waals surface area contributed by atoms with E-state index in [-0.39, 0.29) is 0 Å². The van der Waals surface area contributed by atoms with Crippen molar-refractivity contribution in [1.82, 2.24) is 0 Å². The fourth-order valence-corrected chi connectivity index (χ4v) is 2.94. The first-order chi connectivity index (χ1) is 10.8. The molecule has 0 spiro atoms. The molecule has 3 aromatic rings. The lowest BCUT2D eigenvalue weighted by Crippen LogP contribution is -2.02. The van der Waals surface area contributed by atoms with Crippen molar-refractivity contribution in [2.45, 2.75) is 0 Å². The largest absolute Gasteiger partial charge is 0.157 e. The van der Waals surface area contributed by atoms with Crippen LogP contribution < -0.4 is 0 Å². The summed E-state index contributed by atoms with van der Waals surface area (Å²) in [6.07, 6.45) is 1.72. The number of hydrogen-bond donors (Lipinski definition) is 0. The van der Waals surface area contributed by atoms with Gasteiger partial charge in [-0.2, -0.15) is 5.10 Å². The summed E-state index contributed by atoms with van der Waals surface area (Å²) in [6.45, 7) is 0. The van der Waals surface area contributed by atoms with E-state index in [0.717, 1.165) is 26.1 Å². The lowest BCUT2D eigenvalue weighted by molar-refractivity contribution is 1.25. The first kappa shape index (κ1) is 14.7. The van der Waals surface area contributed by atoms with Gasteiger partial charge in [-0.3, -0.25) is 0 Å². The first-order valence-electron chi connectivity index (χ1n) is 6.80. The summed E-state index contributed by atoms with van der Waals surface area (Å²) in [5, 5.41) is 8.64. The lowest BCUT2D eigenvalue weighted by atomic mass is 10.0. The van der Waals surface area contributed by atoms with E-state index < -0.39 is 0 Å². The van der Waals surface area contributed by atoms with Gasteiger partial charge < -0.3 is 0 Å². The van der Waals surface area contributed by atoms with Crippen molar-refractivity contribution >= 4 is 34.9 Å². The Bertz CT molecular complexity index is 751. The highest BCUT2D eigenvalue weighted by atomic mass is 35.5. The Morgan fingerprint density at radius 3 is 1.91 bits per heavy atom. The average Bonchev–Trinajstić information content (AvgIpc) is 2.99. The molecule has 3 rings (SSSR count). The Morgan fingerprint density at radius 2 is 1.41 bits per heavy atom. The van der Waals surface area contributed by atoms with Gasteiger partial charge in [0.15, 0.2) is 0 Å². The van der Waals surface area contributed by atoms with E-state index in [0.29, 0.717) is 0 Å². The van der Waals surface area contributed by atoms with Crippen LogP contribution in [-0.2, 0) is 0 Å². The second kappa shape index (κ2) is 7.16. The van der Waals surface area contributed by atoms with Crippen LogP contribution in [0.25, 0.3) is 0 Å². The molecular weight excluding hydrogens is 312 g/mol. The van der Waals surface area contributed by atoms with Gasteiger partial charge in [0.25, 0.3) is 0 Å². The molecule has 1 aromatic heterocycles. The van der Waals surface area contributed by atoms with Crippen molar-refractivity contribution in [3.8, 4) is 0 Å². The van der Waals surface area contributed by atoms with Crippen molar-refractivity contribution in [3.63, 3.8) is 0 Å². The molecule has 0 aliphatic rings. The van der Waals surface area contributed by atoms with E-state index >= 15 is 0 Å². The molecule has 4 heteroatoms. The highest BCUT2D eigenvalue weighted by Gasteiger charge is 2.05. The molecule has 2 nitrogen and oxygen atoms in total. The first-order valence-corrected chi connectivity index (χ1v) is 7.99. The summed E-state index contributed by atoms with van der Waals surface area (Å²) in [6, 6.07) is 23.9. The minimum atomic E-state index is 0.747. The zero-order chi connectivity index (χ0) is 15.2. The van der Waals surface area contributed by atoms with Gasteiger partial charge in [0.1, 0.15) is 5.71 Å². The quantitative estimate of drug-likeness (QED) is 0.461. The molecule has 0 unspecified atom stereocenters. The second-order valence-electron chi connectivity index (χ2n) is 4.57. The normalized spacial score (nSPS) is 10.8. The van der Waals surface area contributed by atoms with Gasteiger partial charge in [-0.15, -0.1) is 16.4 Å². The van der Waals surface area contributed by atoms with Crippen LogP contribution in [-0.4, -0.2) is 11.9 Å². The van der Waals surface area contributed by atoms with Crippen molar-refractivity contribution in [2.24, 2.45) is 10.2 Å². The maximum absolute atomic E-state index is 5.91. The molecule has 0 N–H and O–H groups in total. The highest BCUT2D eigenvalue weighted by molar-refractivity contribution is 7.17. The van der Waals surface area contributed by atoms with Gasteiger partial charge in [0.05, 0.1) is 10.6 Å². The van der Waals surface area contributed by atoms with Crippen LogP contribution in [0.1, 0.15) is 16.0 Å². The summed E-state index contributed by atoms with van der Waals surface area (Å²) in [5.74, 6) is 0. The predicted molar refractivity (Wildman–Crippen MR) is 95.4 cm³/mol. The van der Waals surface area contributed by atoms with Crippen LogP contribution >= 0.6 is 22.9 Å². The van der Waals surface area contributed by atoms with Crippen LogP contribution in [0.2, 0.25) is 4.34 Å². The van der Waals surface area contributed by atoms with Crippen molar-refractivity contribution in [3.05, 3.63) is 93.1 Å². The van der Waals surface area contributed by atoms with Crippen molar-refractivity contribution in [1.29, 1.82) is 0 Å². The van der Waals surface area contributed by atoms with Crippen molar-refractivity contribution < 1.29 is 0 Å². The number of hydrogen-bond acceptors (Lipinski definition) is 3. The fraction of sp³-hybridized carbons (Fsp3) is 0. The second-order valence-corrected chi connectivity index (χ2v) is 6.31. The Labute approximate surface area is 138 Å². The van der Waals surface area contributed by atoms with Gasteiger partial charge in [-0.25, -0.2) is 0 Å². The number of thiophene rings is 1. The van der Waals surface area contributed by atoms with E-state index in [4.69, 9.17) is 11.6 Å². The maximum Gasteiger partial charge on any atom is 0.100 e.